The summed E-state index contributed by atoms with van der Waals surface area (Å²) in [6.45, 7) is 2.49. The molecule has 6 nitrogen and oxygen atoms in total. The molecule has 0 bridgehead atoms. The largest absolute Gasteiger partial charge is 0.497 e. The van der Waals surface area contributed by atoms with Crippen LogP contribution in [0.25, 0.3) is 16.9 Å². The summed E-state index contributed by atoms with van der Waals surface area (Å²) in [5, 5.41) is 5.86. The molecule has 0 unspecified atom stereocenters. The number of carbonyl (C=O) groups is 1. The lowest BCUT2D eigenvalue weighted by molar-refractivity contribution is -0.149. The minimum atomic E-state index is -4.59. The second-order valence-electron chi connectivity index (χ2n) is 6.16. The monoisotopic (exact) mass is 396 g/mol. The summed E-state index contributed by atoms with van der Waals surface area (Å²) >= 11 is 0. The molecule has 28 heavy (non-hydrogen) atoms. The molecule has 0 fully saturated rings. The van der Waals surface area contributed by atoms with Gasteiger partial charge in [0.05, 0.1) is 19.0 Å². The van der Waals surface area contributed by atoms with E-state index in [2.05, 4.69) is 10.1 Å². The Morgan fingerprint density at radius 2 is 2.00 bits per heavy atom. The fourth-order valence-corrected chi connectivity index (χ4v) is 2.60. The first kappa shape index (κ1) is 19.6. The smallest absolute Gasteiger partial charge is 0.408 e. The van der Waals surface area contributed by atoms with E-state index < -0.39 is 23.9 Å². The van der Waals surface area contributed by atoms with Crippen LogP contribution in [0.1, 0.15) is 23.0 Å². The molecular formula is C18H16F4N4O2. The molecular weight excluding hydrogens is 380 g/mol. The number of hydrogen-bond acceptors (Lipinski definition) is 4. The van der Waals surface area contributed by atoms with Crippen molar-refractivity contribution >= 4 is 11.6 Å². The van der Waals surface area contributed by atoms with E-state index in [1.807, 2.05) is 5.32 Å². The maximum atomic E-state index is 14.3. The van der Waals surface area contributed by atoms with E-state index in [0.29, 0.717) is 11.4 Å². The van der Waals surface area contributed by atoms with Crippen LogP contribution in [-0.2, 0) is 0 Å². The van der Waals surface area contributed by atoms with E-state index in [9.17, 15) is 22.4 Å². The van der Waals surface area contributed by atoms with Crippen LogP contribution >= 0.6 is 0 Å². The van der Waals surface area contributed by atoms with Gasteiger partial charge in [-0.3, -0.25) is 4.79 Å². The summed E-state index contributed by atoms with van der Waals surface area (Å²) in [6, 6.07) is 3.60. The SMILES string of the molecule is COc1ccc(F)c(-c2cc(C)n3ncc(C(=O)N[C@H](C)C(F)(F)F)c3n2)c1. The Bertz CT molecular complexity index is 1050. The van der Waals surface area contributed by atoms with Crippen molar-refractivity contribution in [1.82, 2.24) is 19.9 Å². The fourth-order valence-electron chi connectivity index (χ4n) is 2.60. The Kier molecular flexibility index (Phi) is 4.97. The predicted molar refractivity (Wildman–Crippen MR) is 92.7 cm³/mol. The van der Waals surface area contributed by atoms with Gasteiger partial charge in [0.2, 0.25) is 0 Å². The number of methoxy groups -OCH3 is 1. The number of halogens is 4. The van der Waals surface area contributed by atoms with Crippen molar-refractivity contribution in [3.05, 3.63) is 47.5 Å². The predicted octanol–water partition coefficient (Wildman–Crippen LogP) is 3.53. The topological polar surface area (TPSA) is 68.5 Å². The first-order chi connectivity index (χ1) is 13.1. The number of ether oxygens (including phenoxy) is 1. The first-order valence-electron chi connectivity index (χ1n) is 8.18. The van der Waals surface area contributed by atoms with Gasteiger partial charge in [-0.05, 0) is 38.1 Å². The van der Waals surface area contributed by atoms with Crippen LogP contribution in [0.5, 0.6) is 5.75 Å². The lowest BCUT2D eigenvalue weighted by Crippen LogP contribution is -2.43. The Labute approximate surface area is 157 Å². The highest BCUT2D eigenvalue weighted by molar-refractivity contribution is 6.00. The Morgan fingerprint density at radius 1 is 1.29 bits per heavy atom. The molecule has 1 amide bonds. The van der Waals surface area contributed by atoms with Crippen molar-refractivity contribution in [2.24, 2.45) is 0 Å². The second-order valence-corrected chi connectivity index (χ2v) is 6.16. The third-order valence-corrected chi connectivity index (χ3v) is 4.18. The number of nitrogens with one attached hydrogen (secondary N) is 1. The highest BCUT2D eigenvalue weighted by Gasteiger charge is 2.37. The molecule has 148 valence electrons. The number of rotatable bonds is 4. The number of benzene rings is 1. The quantitative estimate of drug-likeness (QED) is 0.685. The molecule has 0 saturated carbocycles. The van der Waals surface area contributed by atoms with Crippen molar-refractivity contribution in [3.63, 3.8) is 0 Å². The molecule has 0 saturated heterocycles. The summed E-state index contributed by atoms with van der Waals surface area (Å²) in [7, 11) is 1.43. The molecule has 2 aromatic heterocycles. The van der Waals surface area contributed by atoms with Crippen molar-refractivity contribution in [3.8, 4) is 17.0 Å². The third kappa shape index (κ3) is 3.62. The summed E-state index contributed by atoms with van der Waals surface area (Å²) in [5.41, 5.74) is 0.708. The zero-order valence-corrected chi connectivity index (χ0v) is 15.1. The maximum Gasteiger partial charge on any atom is 0.408 e. The van der Waals surface area contributed by atoms with E-state index in [1.165, 1.54) is 29.8 Å². The number of hydrogen-bond donors (Lipinski definition) is 1. The van der Waals surface area contributed by atoms with Crippen LogP contribution in [0.3, 0.4) is 0 Å². The van der Waals surface area contributed by atoms with Crippen LogP contribution < -0.4 is 10.1 Å². The lowest BCUT2D eigenvalue weighted by Gasteiger charge is -2.16. The molecule has 0 spiro atoms. The summed E-state index contributed by atoms with van der Waals surface area (Å²) in [4.78, 5) is 16.6. The Balaban J connectivity index is 2.08. The highest BCUT2D eigenvalue weighted by Crippen LogP contribution is 2.27. The van der Waals surface area contributed by atoms with Crippen molar-refractivity contribution < 1.29 is 27.1 Å². The van der Waals surface area contributed by atoms with Gasteiger partial charge in [-0.1, -0.05) is 0 Å². The van der Waals surface area contributed by atoms with Crippen LogP contribution in [0.2, 0.25) is 0 Å². The van der Waals surface area contributed by atoms with Crippen LogP contribution in [0, 0.1) is 12.7 Å². The van der Waals surface area contributed by atoms with E-state index in [-0.39, 0.29) is 22.5 Å². The third-order valence-electron chi connectivity index (χ3n) is 4.18. The number of fused-ring (bicyclic) bond motifs is 1. The molecule has 1 N–H and O–H groups in total. The number of aromatic nitrogens is 3. The fraction of sp³-hybridized carbons (Fsp3) is 0.278. The molecule has 1 aromatic carbocycles. The molecule has 0 aliphatic heterocycles. The van der Waals surface area contributed by atoms with Crippen molar-refractivity contribution in [2.45, 2.75) is 26.1 Å². The number of alkyl halides is 3. The van der Waals surface area contributed by atoms with Gasteiger partial charge in [-0.15, -0.1) is 0 Å². The molecule has 0 aliphatic carbocycles. The normalized spacial score (nSPS) is 12.8. The van der Waals surface area contributed by atoms with E-state index in [0.717, 1.165) is 13.1 Å². The molecule has 1 atom stereocenters. The average molecular weight is 396 g/mol. The molecule has 3 aromatic rings. The number of nitrogens with zero attached hydrogens (tertiary/aromatic N) is 3. The van der Waals surface area contributed by atoms with Gasteiger partial charge < -0.3 is 10.1 Å². The van der Waals surface area contributed by atoms with Gasteiger partial charge >= 0.3 is 6.18 Å². The van der Waals surface area contributed by atoms with Crippen LogP contribution in [-0.4, -0.2) is 39.8 Å². The number of carbonyl (C=O) groups excluding carboxylic acids is 1. The molecule has 0 aliphatic rings. The molecule has 3 rings (SSSR count). The van der Waals surface area contributed by atoms with Gasteiger partial charge in [0.15, 0.2) is 5.65 Å². The van der Waals surface area contributed by atoms with Crippen LogP contribution in [0.4, 0.5) is 17.6 Å². The van der Waals surface area contributed by atoms with Gasteiger partial charge in [0.1, 0.15) is 23.2 Å². The summed E-state index contributed by atoms with van der Waals surface area (Å²) in [6.07, 6.45) is -3.46. The number of amides is 1. The molecule has 2 heterocycles. The summed E-state index contributed by atoms with van der Waals surface area (Å²) < 4.78 is 58.9. The van der Waals surface area contributed by atoms with Gasteiger partial charge in [-0.25, -0.2) is 13.9 Å². The molecule has 0 radical (unpaired) electrons. The van der Waals surface area contributed by atoms with Gasteiger partial charge in [-0.2, -0.15) is 18.3 Å². The van der Waals surface area contributed by atoms with E-state index in [4.69, 9.17) is 4.74 Å². The Hall–Kier alpha value is -3.17. The zero-order chi connectivity index (χ0) is 20.6. The van der Waals surface area contributed by atoms with E-state index in [1.54, 1.807) is 13.0 Å². The van der Waals surface area contributed by atoms with Crippen LogP contribution in [0.15, 0.2) is 30.5 Å². The zero-order valence-electron chi connectivity index (χ0n) is 15.1. The highest BCUT2D eigenvalue weighted by atomic mass is 19.4. The molecule has 10 heteroatoms. The standard InChI is InChI=1S/C18H16F4N4O2/c1-9-6-15(12-7-11(28-3)4-5-14(12)19)25-16-13(8-23-26(9)16)17(27)24-10(2)18(20,21)22/h4-8,10H,1-3H3,(H,24,27)/t10-/m1/s1. The first-order valence-corrected chi connectivity index (χ1v) is 8.18. The minimum absolute atomic E-state index is 0.0177. The van der Waals surface area contributed by atoms with Crippen molar-refractivity contribution in [1.29, 1.82) is 0 Å². The summed E-state index contributed by atoms with van der Waals surface area (Å²) in [5.74, 6) is -1.13. The van der Waals surface area contributed by atoms with Gasteiger partial charge in [0, 0.05) is 11.3 Å². The van der Waals surface area contributed by atoms with Gasteiger partial charge in [0.25, 0.3) is 5.91 Å². The van der Waals surface area contributed by atoms with Crippen molar-refractivity contribution in [2.75, 3.05) is 7.11 Å². The average Bonchev–Trinajstić information content (AvgIpc) is 3.06. The lowest BCUT2D eigenvalue weighted by atomic mass is 10.1. The number of aryl methyl sites for hydroxylation is 1. The minimum Gasteiger partial charge on any atom is -0.497 e. The van der Waals surface area contributed by atoms with E-state index >= 15 is 0 Å². The maximum absolute atomic E-state index is 14.3. The Morgan fingerprint density at radius 3 is 2.64 bits per heavy atom. The second kappa shape index (κ2) is 7.10.